The van der Waals surface area contributed by atoms with Crippen LogP contribution in [0.25, 0.3) is 0 Å². The lowest BCUT2D eigenvalue weighted by Crippen LogP contribution is -2.26. The van der Waals surface area contributed by atoms with Gasteiger partial charge < -0.3 is 25.3 Å². The lowest BCUT2D eigenvalue weighted by molar-refractivity contribution is 0.0677. The molecule has 0 atom stereocenters. The van der Waals surface area contributed by atoms with Gasteiger partial charge in [-0.2, -0.15) is 0 Å². The zero-order valence-electron chi connectivity index (χ0n) is 13.2. The Hall–Kier alpha value is -3.49. The van der Waals surface area contributed by atoms with E-state index in [2.05, 4.69) is 0 Å². The average Bonchev–Trinajstić information content (AvgIpc) is 2.60. The first-order valence-electron chi connectivity index (χ1n) is 7.02. The molecule has 0 aliphatic rings. The number of aromatic carboxylic acids is 4. The van der Waals surface area contributed by atoms with Gasteiger partial charge in [-0.1, -0.05) is 0 Å². The first-order chi connectivity index (χ1) is 12.5. The Labute approximate surface area is 150 Å². The van der Waals surface area contributed by atoms with Gasteiger partial charge in [-0.15, -0.1) is 0 Å². The highest BCUT2D eigenvalue weighted by Gasteiger charge is 2.34. The van der Waals surface area contributed by atoms with E-state index in [-0.39, 0.29) is 0 Å². The molecule has 11 heteroatoms. The standard InChI is InChI=1S/C16H11O10P/c17-13(18)7-1-3-11(9(5-7)15(21)22)27(25,26)12-4-2-8(14(19)20)6-10(12)16(23)24/h1-6H,(H,17,18)(H,19,20)(H,21,22)(H,23,24)(H,25,26). The van der Waals surface area contributed by atoms with Crippen molar-refractivity contribution in [2.75, 3.05) is 0 Å². The van der Waals surface area contributed by atoms with E-state index in [1.165, 1.54) is 0 Å². The summed E-state index contributed by atoms with van der Waals surface area (Å²) in [6.07, 6.45) is 0. The third-order valence-corrected chi connectivity index (χ3v) is 5.69. The van der Waals surface area contributed by atoms with Crippen molar-refractivity contribution in [3.63, 3.8) is 0 Å². The number of hydrogen-bond donors (Lipinski definition) is 5. The molecule has 0 heterocycles. The van der Waals surface area contributed by atoms with E-state index in [9.17, 15) is 38.8 Å². The molecule has 0 aliphatic carbocycles. The van der Waals surface area contributed by atoms with Crippen molar-refractivity contribution in [1.29, 1.82) is 0 Å². The summed E-state index contributed by atoms with van der Waals surface area (Å²) in [5.74, 6) is -6.31. The molecule has 5 N–H and O–H groups in total. The molecule has 0 unspecified atom stereocenters. The van der Waals surface area contributed by atoms with E-state index in [4.69, 9.17) is 10.2 Å². The normalized spacial score (nSPS) is 11.0. The second kappa shape index (κ2) is 7.02. The van der Waals surface area contributed by atoms with E-state index in [0.717, 1.165) is 24.3 Å². The Bertz CT molecular complexity index is 960. The summed E-state index contributed by atoms with van der Waals surface area (Å²) >= 11 is 0. The minimum Gasteiger partial charge on any atom is -0.478 e. The third-order valence-electron chi connectivity index (χ3n) is 3.60. The average molecular weight is 394 g/mol. The molecule has 0 saturated carbocycles. The summed E-state index contributed by atoms with van der Waals surface area (Å²) in [6.45, 7) is 0. The van der Waals surface area contributed by atoms with Crippen molar-refractivity contribution < 1.29 is 49.1 Å². The van der Waals surface area contributed by atoms with Gasteiger partial charge in [0.15, 0.2) is 0 Å². The van der Waals surface area contributed by atoms with E-state index >= 15 is 0 Å². The number of carbonyl (C=O) groups is 4. The van der Waals surface area contributed by atoms with Crippen molar-refractivity contribution in [2.24, 2.45) is 0 Å². The van der Waals surface area contributed by atoms with Crippen molar-refractivity contribution >= 4 is 41.9 Å². The molecule has 0 saturated heterocycles. The monoisotopic (exact) mass is 394 g/mol. The lowest BCUT2D eigenvalue weighted by atomic mass is 10.1. The molecular formula is C16H11O10P. The highest BCUT2D eigenvalue weighted by Crippen LogP contribution is 2.41. The van der Waals surface area contributed by atoms with Crippen molar-refractivity contribution in [1.82, 2.24) is 0 Å². The van der Waals surface area contributed by atoms with Crippen LogP contribution in [0, 0.1) is 0 Å². The van der Waals surface area contributed by atoms with Crippen molar-refractivity contribution in [2.45, 2.75) is 0 Å². The molecule has 2 aromatic carbocycles. The summed E-state index contributed by atoms with van der Waals surface area (Å²) in [5, 5.41) is 35.0. The minimum absolute atomic E-state index is 0.448. The lowest BCUT2D eigenvalue weighted by Gasteiger charge is -2.17. The van der Waals surface area contributed by atoms with E-state index in [0.29, 0.717) is 12.1 Å². The van der Waals surface area contributed by atoms with Crippen LogP contribution < -0.4 is 10.6 Å². The first-order valence-corrected chi connectivity index (χ1v) is 8.68. The molecule has 0 bridgehead atoms. The summed E-state index contributed by atoms with van der Waals surface area (Å²) in [4.78, 5) is 55.3. The van der Waals surface area contributed by atoms with Gasteiger partial charge in [0.2, 0.25) is 0 Å². The molecular weight excluding hydrogens is 383 g/mol. The number of benzene rings is 2. The Morgan fingerprint density at radius 1 is 0.630 bits per heavy atom. The van der Waals surface area contributed by atoms with Crippen LogP contribution in [0.3, 0.4) is 0 Å². The van der Waals surface area contributed by atoms with Gasteiger partial charge in [0.05, 0.1) is 32.9 Å². The maximum atomic E-state index is 13.0. The predicted octanol–water partition coefficient (Wildman–Crippen LogP) is 0.701. The summed E-state index contributed by atoms with van der Waals surface area (Å²) in [7, 11) is -4.83. The van der Waals surface area contributed by atoms with Gasteiger partial charge in [-0.3, -0.25) is 4.57 Å². The van der Waals surface area contributed by atoms with Crippen LogP contribution in [0.1, 0.15) is 41.4 Å². The second-order valence-electron chi connectivity index (χ2n) is 5.26. The predicted molar refractivity (Wildman–Crippen MR) is 89.8 cm³/mol. The molecule has 0 amide bonds. The Kier molecular flexibility index (Phi) is 5.16. The van der Waals surface area contributed by atoms with Crippen LogP contribution in [0.2, 0.25) is 0 Å². The highest BCUT2D eigenvalue weighted by molar-refractivity contribution is 7.73. The van der Waals surface area contributed by atoms with Crippen LogP contribution in [0.4, 0.5) is 0 Å². The quantitative estimate of drug-likeness (QED) is 0.436. The number of carboxylic acids is 4. The molecule has 0 fully saturated rings. The molecule has 0 spiro atoms. The third kappa shape index (κ3) is 3.71. The Morgan fingerprint density at radius 2 is 0.963 bits per heavy atom. The molecule has 10 nitrogen and oxygen atoms in total. The summed E-state index contributed by atoms with van der Waals surface area (Å²) in [5.41, 5.74) is -2.48. The van der Waals surface area contributed by atoms with Gasteiger partial charge in [-0.05, 0) is 36.4 Å². The molecule has 0 radical (unpaired) electrons. The SMILES string of the molecule is O=C(O)c1ccc(P(=O)(O)c2ccc(C(=O)O)cc2C(=O)O)c(C(=O)O)c1. The Morgan fingerprint density at radius 3 is 1.22 bits per heavy atom. The molecule has 0 aliphatic heterocycles. The fourth-order valence-electron chi connectivity index (χ4n) is 2.34. The maximum Gasteiger partial charge on any atom is 0.336 e. The van der Waals surface area contributed by atoms with Crippen molar-refractivity contribution in [3.05, 3.63) is 58.7 Å². The van der Waals surface area contributed by atoms with E-state index in [1.807, 2.05) is 0 Å². The molecule has 0 aromatic heterocycles. The smallest absolute Gasteiger partial charge is 0.336 e. The van der Waals surface area contributed by atoms with Crippen LogP contribution in [-0.4, -0.2) is 49.2 Å². The zero-order chi connectivity index (χ0) is 20.5. The van der Waals surface area contributed by atoms with Gasteiger partial charge in [0, 0.05) is 0 Å². The fourth-order valence-corrected chi connectivity index (χ4v) is 4.13. The van der Waals surface area contributed by atoms with E-state index in [1.54, 1.807) is 0 Å². The van der Waals surface area contributed by atoms with Gasteiger partial charge >= 0.3 is 23.9 Å². The zero-order valence-corrected chi connectivity index (χ0v) is 14.1. The van der Waals surface area contributed by atoms with Crippen LogP contribution >= 0.6 is 7.37 Å². The topological polar surface area (TPSA) is 186 Å². The fraction of sp³-hybridized carbons (Fsp3) is 0. The summed E-state index contributed by atoms with van der Waals surface area (Å²) in [6, 6.07) is 4.77. The number of hydrogen-bond acceptors (Lipinski definition) is 5. The maximum absolute atomic E-state index is 13.0. The molecule has 27 heavy (non-hydrogen) atoms. The number of rotatable bonds is 6. The van der Waals surface area contributed by atoms with Crippen molar-refractivity contribution in [3.8, 4) is 0 Å². The Balaban J connectivity index is 2.78. The van der Waals surface area contributed by atoms with Gasteiger partial charge in [-0.25, -0.2) is 19.2 Å². The molecule has 2 aromatic rings. The first kappa shape index (κ1) is 19.8. The minimum atomic E-state index is -4.83. The molecule has 140 valence electrons. The number of carboxylic acid groups (broad SMARTS) is 4. The highest BCUT2D eigenvalue weighted by atomic mass is 31.2. The summed E-state index contributed by atoms with van der Waals surface area (Å²) < 4.78 is 13.0. The van der Waals surface area contributed by atoms with E-state index < -0.39 is 64.1 Å². The molecule has 2 rings (SSSR count). The van der Waals surface area contributed by atoms with Crippen LogP contribution in [-0.2, 0) is 4.57 Å². The van der Waals surface area contributed by atoms with Gasteiger partial charge in [0.1, 0.15) is 0 Å². The second-order valence-corrected chi connectivity index (χ2v) is 7.38. The van der Waals surface area contributed by atoms with Crippen LogP contribution in [0.5, 0.6) is 0 Å². The largest absolute Gasteiger partial charge is 0.478 e. The van der Waals surface area contributed by atoms with Gasteiger partial charge in [0.25, 0.3) is 7.37 Å². The van der Waals surface area contributed by atoms with Crippen LogP contribution in [0.15, 0.2) is 36.4 Å².